The first-order valence-electron chi connectivity index (χ1n) is 7.19. The number of nitrogens with zero attached hydrogens (tertiary/aromatic N) is 1. The summed E-state index contributed by atoms with van der Waals surface area (Å²) in [4.78, 5) is 11.9. The third-order valence-corrected chi connectivity index (χ3v) is 3.42. The van der Waals surface area contributed by atoms with Gasteiger partial charge >= 0.3 is 5.97 Å². The Labute approximate surface area is 145 Å². The van der Waals surface area contributed by atoms with Gasteiger partial charge in [0, 0.05) is 5.02 Å². The van der Waals surface area contributed by atoms with Crippen molar-refractivity contribution < 1.29 is 19.0 Å². The van der Waals surface area contributed by atoms with Gasteiger partial charge < -0.3 is 14.2 Å². The van der Waals surface area contributed by atoms with Gasteiger partial charge in [0.05, 0.1) is 12.7 Å². The van der Waals surface area contributed by atoms with E-state index >= 15 is 0 Å². The van der Waals surface area contributed by atoms with Gasteiger partial charge in [0.2, 0.25) is 0 Å². The molecule has 0 amide bonds. The SMILES string of the molecule is COc1cc(C(=O)O[C@H](C)C#N)ccc1OCc1ccc(Cl)cc1. The molecule has 0 N–H and O–H groups in total. The summed E-state index contributed by atoms with van der Waals surface area (Å²) in [5.74, 6) is 0.312. The summed E-state index contributed by atoms with van der Waals surface area (Å²) in [6, 6.07) is 13.8. The second-order valence-electron chi connectivity index (χ2n) is 4.96. The van der Waals surface area contributed by atoms with Crippen molar-refractivity contribution in [3.8, 4) is 17.6 Å². The molecule has 24 heavy (non-hydrogen) atoms. The standard InChI is InChI=1S/C18H16ClNO4/c1-12(10-20)24-18(21)14-5-8-16(17(9-14)22-2)23-11-13-3-6-15(19)7-4-13/h3-9,12H,11H2,1-2H3/t12-/m1/s1. The van der Waals surface area contributed by atoms with E-state index < -0.39 is 12.1 Å². The maximum absolute atomic E-state index is 11.9. The van der Waals surface area contributed by atoms with E-state index in [0.717, 1.165) is 5.56 Å². The molecule has 0 aliphatic heterocycles. The molecule has 124 valence electrons. The van der Waals surface area contributed by atoms with Gasteiger partial charge in [-0.25, -0.2) is 4.79 Å². The van der Waals surface area contributed by atoms with Gasteiger partial charge in [-0.2, -0.15) is 5.26 Å². The Morgan fingerprint density at radius 2 is 1.92 bits per heavy atom. The van der Waals surface area contributed by atoms with Crippen LogP contribution < -0.4 is 9.47 Å². The average molecular weight is 346 g/mol. The summed E-state index contributed by atoms with van der Waals surface area (Å²) in [7, 11) is 1.48. The molecule has 0 saturated carbocycles. The highest BCUT2D eigenvalue weighted by Crippen LogP contribution is 2.29. The number of esters is 1. The third-order valence-electron chi connectivity index (χ3n) is 3.17. The predicted molar refractivity (Wildman–Crippen MR) is 89.3 cm³/mol. The number of rotatable bonds is 6. The van der Waals surface area contributed by atoms with Crippen LogP contribution in [0.4, 0.5) is 0 Å². The van der Waals surface area contributed by atoms with Gasteiger partial charge in [0.1, 0.15) is 12.7 Å². The summed E-state index contributed by atoms with van der Waals surface area (Å²) >= 11 is 5.85. The molecule has 0 fully saturated rings. The molecule has 0 aromatic heterocycles. The Kier molecular flexibility index (Phi) is 6.05. The molecule has 0 saturated heterocycles. The van der Waals surface area contributed by atoms with Crippen LogP contribution in [0.2, 0.25) is 5.02 Å². The number of ether oxygens (including phenoxy) is 3. The lowest BCUT2D eigenvalue weighted by Crippen LogP contribution is -2.13. The van der Waals surface area contributed by atoms with Crippen molar-refractivity contribution in [2.45, 2.75) is 19.6 Å². The normalized spacial score (nSPS) is 11.2. The summed E-state index contributed by atoms with van der Waals surface area (Å²) in [6.45, 7) is 1.83. The van der Waals surface area contributed by atoms with E-state index in [4.69, 9.17) is 31.1 Å². The highest BCUT2D eigenvalue weighted by molar-refractivity contribution is 6.30. The summed E-state index contributed by atoms with van der Waals surface area (Å²) in [6.07, 6.45) is -0.815. The first-order valence-corrected chi connectivity index (χ1v) is 7.57. The van der Waals surface area contributed by atoms with Gasteiger partial charge in [0.15, 0.2) is 17.6 Å². The fourth-order valence-corrected chi connectivity index (χ4v) is 2.04. The molecule has 2 aromatic rings. The number of hydrogen-bond donors (Lipinski definition) is 0. The summed E-state index contributed by atoms with van der Waals surface area (Å²) in [5, 5.41) is 9.35. The van der Waals surface area contributed by atoms with Crippen molar-refractivity contribution in [1.29, 1.82) is 5.26 Å². The maximum atomic E-state index is 11.9. The molecule has 0 aliphatic rings. The molecular weight excluding hydrogens is 330 g/mol. The minimum absolute atomic E-state index is 0.285. The first kappa shape index (κ1) is 17.6. The molecule has 2 aromatic carbocycles. The third kappa shape index (κ3) is 4.64. The van der Waals surface area contributed by atoms with Crippen LogP contribution in [0.3, 0.4) is 0 Å². The Morgan fingerprint density at radius 1 is 1.21 bits per heavy atom. The van der Waals surface area contributed by atoms with Crippen molar-refractivity contribution in [3.05, 3.63) is 58.6 Å². The Balaban J connectivity index is 2.09. The van der Waals surface area contributed by atoms with Crippen LogP contribution in [0.15, 0.2) is 42.5 Å². The Hall–Kier alpha value is -2.71. The van der Waals surface area contributed by atoms with Gasteiger partial charge in [-0.3, -0.25) is 0 Å². The molecule has 0 unspecified atom stereocenters. The molecule has 0 radical (unpaired) electrons. The maximum Gasteiger partial charge on any atom is 0.339 e. The number of hydrogen-bond acceptors (Lipinski definition) is 5. The second kappa shape index (κ2) is 8.23. The number of halogens is 1. The van der Waals surface area contributed by atoms with Crippen LogP contribution >= 0.6 is 11.6 Å². The van der Waals surface area contributed by atoms with Crippen LogP contribution in [-0.4, -0.2) is 19.2 Å². The van der Waals surface area contributed by atoms with Crippen molar-refractivity contribution in [2.24, 2.45) is 0 Å². The largest absolute Gasteiger partial charge is 0.493 e. The monoisotopic (exact) mass is 345 g/mol. The van der Waals surface area contributed by atoms with E-state index in [1.807, 2.05) is 18.2 Å². The number of carbonyl (C=O) groups is 1. The minimum Gasteiger partial charge on any atom is -0.493 e. The van der Waals surface area contributed by atoms with Gasteiger partial charge in [-0.1, -0.05) is 23.7 Å². The highest BCUT2D eigenvalue weighted by Gasteiger charge is 2.15. The number of nitriles is 1. The van der Waals surface area contributed by atoms with E-state index in [9.17, 15) is 4.79 Å². The Bertz CT molecular complexity index is 753. The fourth-order valence-electron chi connectivity index (χ4n) is 1.91. The zero-order chi connectivity index (χ0) is 17.5. The summed E-state index contributed by atoms with van der Waals surface area (Å²) in [5.41, 5.74) is 1.24. The van der Waals surface area contributed by atoms with Crippen molar-refractivity contribution >= 4 is 17.6 Å². The van der Waals surface area contributed by atoms with E-state index in [0.29, 0.717) is 23.1 Å². The highest BCUT2D eigenvalue weighted by atomic mass is 35.5. The smallest absolute Gasteiger partial charge is 0.339 e. The van der Waals surface area contributed by atoms with Crippen LogP contribution in [-0.2, 0) is 11.3 Å². The van der Waals surface area contributed by atoms with Crippen LogP contribution in [0, 0.1) is 11.3 Å². The van der Waals surface area contributed by atoms with E-state index in [2.05, 4.69) is 0 Å². The van der Waals surface area contributed by atoms with Gasteiger partial charge in [-0.15, -0.1) is 0 Å². The number of benzene rings is 2. The Morgan fingerprint density at radius 3 is 2.54 bits per heavy atom. The topological polar surface area (TPSA) is 68.5 Å². The molecule has 0 bridgehead atoms. The van der Waals surface area contributed by atoms with E-state index in [-0.39, 0.29) is 5.56 Å². The molecule has 1 atom stereocenters. The second-order valence-corrected chi connectivity index (χ2v) is 5.39. The number of carbonyl (C=O) groups excluding carboxylic acids is 1. The average Bonchev–Trinajstić information content (AvgIpc) is 2.60. The molecule has 0 spiro atoms. The lowest BCUT2D eigenvalue weighted by atomic mass is 10.2. The van der Waals surface area contributed by atoms with Crippen molar-refractivity contribution in [1.82, 2.24) is 0 Å². The molecule has 2 rings (SSSR count). The van der Waals surface area contributed by atoms with Crippen LogP contribution in [0.25, 0.3) is 0 Å². The molecule has 6 heteroatoms. The lowest BCUT2D eigenvalue weighted by molar-refractivity contribution is 0.0435. The molecular formula is C18H16ClNO4. The van der Waals surface area contributed by atoms with Crippen molar-refractivity contribution in [3.63, 3.8) is 0 Å². The molecule has 0 heterocycles. The van der Waals surface area contributed by atoms with Gasteiger partial charge in [-0.05, 0) is 42.8 Å². The molecule has 5 nitrogen and oxygen atoms in total. The fraction of sp³-hybridized carbons (Fsp3) is 0.222. The molecule has 0 aliphatic carbocycles. The van der Waals surface area contributed by atoms with Crippen molar-refractivity contribution in [2.75, 3.05) is 7.11 Å². The van der Waals surface area contributed by atoms with E-state index in [1.165, 1.54) is 20.1 Å². The number of methoxy groups -OCH3 is 1. The predicted octanol–water partition coefficient (Wildman–Crippen LogP) is 4.00. The summed E-state index contributed by atoms with van der Waals surface area (Å²) < 4.78 is 15.9. The lowest BCUT2D eigenvalue weighted by Gasteiger charge is -2.12. The zero-order valence-corrected chi connectivity index (χ0v) is 14.0. The zero-order valence-electron chi connectivity index (χ0n) is 13.3. The van der Waals surface area contributed by atoms with E-state index in [1.54, 1.807) is 24.3 Å². The quantitative estimate of drug-likeness (QED) is 0.740. The van der Waals surface area contributed by atoms with Crippen LogP contribution in [0.1, 0.15) is 22.8 Å². The van der Waals surface area contributed by atoms with Crippen LogP contribution in [0.5, 0.6) is 11.5 Å². The first-order chi connectivity index (χ1) is 11.5. The minimum atomic E-state index is -0.815. The van der Waals surface area contributed by atoms with Gasteiger partial charge in [0.25, 0.3) is 0 Å².